The summed E-state index contributed by atoms with van der Waals surface area (Å²) in [5, 5.41) is 0. The first kappa shape index (κ1) is 15.2. The van der Waals surface area contributed by atoms with E-state index in [1.165, 1.54) is 24.5 Å². The molecule has 2 N–H and O–H groups in total. The molecule has 112 valence electrons. The number of hydrogen-bond donors (Lipinski definition) is 1. The maximum Gasteiger partial charge on any atom is 0.416 e. The Labute approximate surface area is 119 Å². The average Bonchev–Trinajstić information content (AvgIpc) is 2.46. The normalized spacial score (nSPS) is 11.4. The van der Waals surface area contributed by atoms with Crippen LogP contribution in [0.1, 0.15) is 17.8 Å². The van der Waals surface area contributed by atoms with Gasteiger partial charge in [-0.1, -0.05) is 0 Å². The molecule has 21 heavy (non-hydrogen) atoms. The smallest absolute Gasteiger partial charge is 0.416 e. The first-order chi connectivity index (χ1) is 9.99. The zero-order valence-corrected chi connectivity index (χ0v) is 11.1. The van der Waals surface area contributed by atoms with Crippen LogP contribution in [0.5, 0.6) is 11.5 Å². The molecule has 0 spiro atoms. The standard InChI is InChI=1S/C14H14F3N3O/c15-14(16,17)10-3-5-11(6-4-10)21-12-8-19-13(20-9-12)2-1-7-18/h3-6,8-9H,1-2,7,18H2. The van der Waals surface area contributed by atoms with Gasteiger partial charge in [0, 0.05) is 6.42 Å². The van der Waals surface area contributed by atoms with Crippen LogP contribution in [0.25, 0.3) is 0 Å². The predicted molar refractivity (Wildman–Crippen MR) is 70.9 cm³/mol. The van der Waals surface area contributed by atoms with Gasteiger partial charge in [0.25, 0.3) is 0 Å². The fraction of sp³-hybridized carbons (Fsp3) is 0.286. The molecule has 0 unspecified atom stereocenters. The van der Waals surface area contributed by atoms with Crippen molar-refractivity contribution >= 4 is 0 Å². The molecule has 0 saturated carbocycles. The minimum Gasteiger partial charge on any atom is -0.454 e. The molecule has 0 aliphatic carbocycles. The first-order valence-electron chi connectivity index (χ1n) is 6.35. The van der Waals surface area contributed by atoms with Gasteiger partial charge in [0.05, 0.1) is 18.0 Å². The van der Waals surface area contributed by atoms with Crippen molar-refractivity contribution in [1.82, 2.24) is 9.97 Å². The van der Waals surface area contributed by atoms with E-state index in [1.807, 2.05) is 0 Å². The summed E-state index contributed by atoms with van der Waals surface area (Å²) in [6.45, 7) is 0.563. The predicted octanol–water partition coefficient (Wildman–Crippen LogP) is 3.18. The molecule has 0 aliphatic heterocycles. The van der Waals surface area contributed by atoms with Gasteiger partial charge in [-0.2, -0.15) is 13.2 Å². The van der Waals surface area contributed by atoms with Crippen LogP contribution in [-0.2, 0) is 12.6 Å². The monoisotopic (exact) mass is 297 g/mol. The summed E-state index contributed by atoms with van der Waals surface area (Å²) in [5.41, 5.74) is 4.67. The van der Waals surface area contributed by atoms with Crippen molar-refractivity contribution in [2.24, 2.45) is 5.73 Å². The van der Waals surface area contributed by atoms with Gasteiger partial charge in [-0.05, 0) is 37.2 Å². The van der Waals surface area contributed by atoms with E-state index < -0.39 is 11.7 Å². The lowest BCUT2D eigenvalue weighted by atomic mass is 10.2. The number of ether oxygens (including phenoxy) is 1. The highest BCUT2D eigenvalue weighted by molar-refractivity contribution is 5.32. The van der Waals surface area contributed by atoms with Gasteiger partial charge >= 0.3 is 6.18 Å². The summed E-state index contributed by atoms with van der Waals surface area (Å²) >= 11 is 0. The maximum atomic E-state index is 12.4. The van der Waals surface area contributed by atoms with E-state index in [4.69, 9.17) is 10.5 Å². The van der Waals surface area contributed by atoms with E-state index >= 15 is 0 Å². The van der Waals surface area contributed by atoms with Crippen LogP contribution in [-0.4, -0.2) is 16.5 Å². The zero-order valence-electron chi connectivity index (χ0n) is 11.1. The lowest BCUT2D eigenvalue weighted by Crippen LogP contribution is -2.04. The van der Waals surface area contributed by atoms with Crippen LogP contribution < -0.4 is 10.5 Å². The van der Waals surface area contributed by atoms with E-state index in [1.54, 1.807) is 0 Å². The number of alkyl halides is 3. The fourth-order valence-electron chi connectivity index (χ4n) is 1.63. The van der Waals surface area contributed by atoms with Crippen molar-refractivity contribution in [2.45, 2.75) is 19.0 Å². The van der Waals surface area contributed by atoms with Crippen LogP contribution in [0.15, 0.2) is 36.7 Å². The van der Waals surface area contributed by atoms with Gasteiger partial charge in [-0.15, -0.1) is 0 Å². The number of halogens is 3. The first-order valence-corrected chi connectivity index (χ1v) is 6.35. The molecule has 0 saturated heterocycles. The highest BCUT2D eigenvalue weighted by atomic mass is 19.4. The number of aryl methyl sites for hydroxylation is 1. The van der Waals surface area contributed by atoms with Crippen molar-refractivity contribution in [3.05, 3.63) is 48.0 Å². The quantitative estimate of drug-likeness (QED) is 0.920. The second kappa shape index (κ2) is 6.53. The number of nitrogens with two attached hydrogens (primary N) is 1. The van der Waals surface area contributed by atoms with Crippen LogP contribution in [0.3, 0.4) is 0 Å². The number of hydrogen-bond acceptors (Lipinski definition) is 4. The van der Waals surface area contributed by atoms with Crippen molar-refractivity contribution < 1.29 is 17.9 Å². The van der Waals surface area contributed by atoms with Crippen molar-refractivity contribution in [1.29, 1.82) is 0 Å². The molecule has 1 aromatic carbocycles. The molecule has 0 bridgehead atoms. The van der Waals surface area contributed by atoms with Crippen LogP contribution in [0, 0.1) is 0 Å². The SMILES string of the molecule is NCCCc1ncc(Oc2ccc(C(F)(F)F)cc2)cn1. The molecular weight excluding hydrogens is 283 g/mol. The Morgan fingerprint density at radius 2 is 1.62 bits per heavy atom. The molecule has 0 radical (unpaired) electrons. The molecular formula is C14H14F3N3O. The summed E-state index contributed by atoms with van der Waals surface area (Å²) in [6, 6.07) is 4.44. The Bertz CT molecular complexity index is 568. The van der Waals surface area contributed by atoms with E-state index in [9.17, 15) is 13.2 Å². The molecule has 0 atom stereocenters. The summed E-state index contributed by atoms with van der Waals surface area (Å²) in [7, 11) is 0. The molecule has 2 aromatic rings. The topological polar surface area (TPSA) is 61.0 Å². The van der Waals surface area contributed by atoms with Gasteiger partial charge in [0.1, 0.15) is 11.6 Å². The Hall–Kier alpha value is -2.15. The number of aromatic nitrogens is 2. The minimum atomic E-state index is -4.35. The van der Waals surface area contributed by atoms with Crippen LogP contribution >= 0.6 is 0 Å². The Kier molecular flexibility index (Phi) is 4.74. The third-order valence-corrected chi connectivity index (χ3v) is 2.70. The highest BCUT2D eigenvalue weighted by Crippen LogP contribution is 2.31. The van der Waals surface area contributed by atoms with E-state index in [-0.39, 0.29) is 0 Å². The highest BCUT2D eigenvalue weighted by Gasteiger charge is 2.30. The van der Waals surface area contributed by atoms with E-state index in [0.717, 1.165) is 18.6 Å². The fourth-order valence-corrected chi connectivity index (χ4v) is 1.63. The summed E-state index contributed by atoms with van der Waals surface area (Å²) in [5.74, 6) is 1.31. The second-order valence-corrected chi connectivity index (χ2v) is 4.35. The van der Waals surface area contributed by atoms with Crippen molar-refractivity contribution in [3.8, 4) is 11.5 Å². The molecule has 1 heterocycles. The van der Waals surface area contributed by atoms with Crippen molar-refractivity contribution in [2.75, 3.05) is 6.54 Å². The van der Waals surface area contributed by atoms with E-state index in [0.29, 0.717) is 30.3 Å². The lowest BCUT2D eigenvalue weighted by Gasteiger charge is -2.08. The number of benzene rings is 1. The third kappa shape index (κ3) is 4.42. The van der Waals surface area contributed by atoms with Gasteiger partial charge in [-0.25, -0.2) is 9.97 Å². The molecule has 0 aliphatic rings. The summed E-state index contributed by atoms with van der Waals surface area (Å²) in [4.78, 5) is 8.20. The molecule has 1 aromatic heterocycles. The molecule has 0 fully saturated rings. The van der Waals surface area contributed by atoms with Gasteiger partial charge in [-0.3, -0.25) is 0 Å². The Balaban J connectivity index is 2.01. The minimum absolute atomic E-state index is 0.293. The lowest BCUT2D eigenvalue weighted by molar-refractivity contribution is -0.137. The maximum absolute atomic E-state index is 12.4. The largest absolute Gasteiger partial charge is 0.454 e. The molecule has 4 nitrogen and oxygen atoms in total. The molecule has 7 heteroatoms. The molecule has 0 amide bonds. The number of rotatable bonds is 5. The second-order valence-electron chi connectivity index (χ2n) is 4.35. The third-order valence-electron chi connectivity index (χ3n) is 2.70. The Morgan fingerprint density at radius 3 is 2.14 bits per heavy atom. The molecule has 2 rings (SSSR count). The number of nitrogens with zero attached hydrogens (tertiary/aromatic N) is 2. The van der Waals surface area contributed by atoms with Crippen LogP contribution in [0.4, 0.5) is 13.2 Å². The van der Waals surface area contributed by atoms with Gasteiger partial charge < -0.3 is 10.5 Å². The van der Waals surface area contributed by atoms with Gasteiger partial charge in [0.2, 0.25) is 0 Å². The van der Waals surface area contributed by atoms with Crippen molar-refractivity contribution in [3.63, 3.8) is 0 Å². The van der Waals surface area contributed by atoms with Gasteiger partial charge in [0.15, 0.2) is 5.75 Å². The zero-order chi connectivity index (χ0) is 15.3. The van der Waals surface area contributed by atoms with Crippen LogP contribution in [0.2, 0.25) is 0 Å². The average molecular weight is 297 g/mol. The summed E-state index contributed by atoms with van der Waals surface area (Å²) < 4.78 is 42.7. The Morgan fingerprint density at radius 1 is 1.00 bits per heavy atom. The van der Waals surface area contributed by atoms with E-state index in [2.05, 4.69) is 9.97 Å². The summed E-state index contributed by atoms with van der Waals surface area (Å²) in [6.07, 6.45) is 0.0789.